The van der Waals surface area contributed by atoms with Crippen molar-refractivity contribution in [2.45, 2.75) is 25.9 Å². The lowest BCUT2D eigenvalue weighted by molar-refractivity contribution is -0.125. The Morgan fingerprint density at radius 1 is 1.17 bits per heavy atom. The van der Waals surface area contributed by atoms with E-state index >= 15 is 0 Å². The summed E-state index contributed by atoms with van der Waals surface area (Å²) in [6.45, 7) is 1.76. The number of carbonyl (C=O) groups excluding carboxylic acids is 2. The van der Waals surface area contributed by atoms with E-state index in [1.165, 1.54) is 24.0 Å². The van der Waals surface area contributed by atoms with E-state index < -0.39 is 6.04 Å². The fraction of sp³-hybridized carbons (Fsp3) is 0.222. The molecule has 1 aliphatic rings. The predicted molar refractivity (Wildman–Crippen MR) is 85.3 cm³/mol. The summed E-state index contributed by atoms with van der Waals surface area (Å²) in [5.41, 5.74) is 2.59. The molecule has 1 N–H and O–H groups in total. The van der Waals surface area contributed by atoms with Gasteiger partial charge in [0.2, 0.25) is 11.8 Å². The van der Waals surface area contributed by atoms with Gasteiger partial charge in [-0.2, -0.15) is 0 Å². The van der Waals surface area contributed by atoms with E-state index in [1.807, 2.05) is 24.3 Å². The Morgan fingerprint density at radius 3 is 2.57 bits per heavy atom. The molecule has 0 saturated heterocycles. The van der Waals surface area contributed by atoms with Crippen LogP contribution in [0.15, 0.2) is 48.5 Å². The third-order valence-corrected chi connectivity index (χ3v) is 4.00. The maximum atomic E-state index is 12.9. The van der Waals surface area contributed by atoms with Gasteiger partial charge in [-0.05, 0) is 29.3 Å². The number of fused-ring (bicyclic) bond motifs is 1. The lowest BCUT2D eigenvalue weighted by Gasteiger charge is -2.23. The lowest BCUT2D eigenvalue weighted by Crippen LogP contribution is -2.47. The number of hydrogen-bond donors (Lipinski definition) is 1. The van der Waals surface area contributed by atoms with Crippen molar-refractivity contribution in [3.05, 3.63) is 65.5 Å². The van der Waals surface area contributed by atoms with Crippen molar-refractivity contribution in [3.63, 3.8) is 0 Å². The molecule has 0 spiro atoms. The fourth-order valence-corrected chi connectivity index (χ4v) is 2.89. The highest BCUT2D eigenvalue weighted by Crippen LogP contribution is 2.32. The highest BCUT2D eigenvalue weighted by Gasteiger charge is 2.36. The first-order valence-corrected chi connectivity index (χ1v) is 7.46. The molecular formula is C18H17FN2O2. The summed E-state index contributed by atoms with van der Waals surface area (Å²) < 4.78 is 12.9. The van der Waals surface area contributed by atoms with Gasteiger partial charge in [0.05, 0.1) is 0 Å². The normalized spacial score (nSPS) is 16.1. The number of carbonyl (C=O) groups is 2. The van der Waals surface area contributed by atoms with Crippen molar-refractivity contribution in [1.82, 2.24) is 5.32 Å². The number of rotatable bonds is 3. The van der Waals surface area contributed by atoms with Crippen molar-refractivity contribution in [1.29, 1.82) is 0 Å². The van der Waals surface area contributed by atoms with Crippen LogP contribution < -0.4 is 10.2 Å². The van der Waals surface area contributed by atoms with Crippen LogP contribution in [-0.2, 0) is 22.6 Å². The van der Waals surface area contributed by atoms with Gasteiger partial charge in [0.1, 0.15) is 11.9 Å². The Balaban J connectivity index is 1.72. The summed E-state index contributed by atoms with van der Waals surface area (Å²) in [4.78, 5) is 26.0. The van der Waals surface area contributed by atoms with Crippen molar-refractivity contribution in [3.8, 4) is 0 Å². The van der Waals surface area contributed by atoms with Gasteiger partial charge in [0, 0.05) is 25.6 Å². The van der Waals surface area contributed by atoms with Gasteiger partial charge >= 0.3 is 0 Å². The van der Waals surface area contributed by atoms with Crippen LogP contribution in [0.4, 0.5) is 10.1 Å². The number of hydrogen-bond acceptors (Lipinski definition) is 2. The van der Waals surface area contributed by atoms with Gasteiger partial charge in [-0.15, -0.1) is 0 Å². The highest BCUT2D eigenvalue weighted by molar-refractivity contribution is 6.02. The SMILES string of the molecule is CC(=O)N1c2ccccc2C[C@H]1C(=O)NCc1ccc(F)cc1. The zero-order valence-corrected chi connectivity index (χ0v) is 12.8. The highest BCUT2D eigenvalue weighted by atomic mass is 19.1. The second-order valence-corrected chi connectivity index (χ2v) is 5.58. The first-order valence-electron chi connectivity index (χ1n) is 7.46. The summed E-state index contributed by atoms with van der Waals surface area (Å²) in [5, 5.41) is 2.82. The summed E-state index contributed by atoms with van der Waals surface area (Å²) in [7, 11) is 0. The molecule has 0 bridgehead atoms. The zero-order chi connectivity index (χ0) is 16.4. The molecule has 0 aromatic heterocycles. The number of para-hydroxylation sites is 1. The number of anilines is 1. The van der Waals surface area contributed by atoms with E-state index in [1.54, 1.807) is 12.1 Å². The van der Waals surface area contributed by atoms with Crippen LogP contribution in [0.5, 0.6) is 0 Å². The summed E-state index contributed by atoms with van der Waals surface area (Å²) >= 11 is 0. The van der Waals surface area contributed by atoms with Crippen LogP contribution in [0, 0.1) is 5.82 Å². The Hall–Kier alpha value is -2.69. The van der Waals surface area contributed by atoms with Crippen LogP contribution in [0.3, 0.4) is 0 Å². The molecule has 0 radical (unpaired) electrons. The monoisotopic (exact) mass is 312 g/mol. The fourth-order valence-electron chi connectivity index (χ4n) is 2.89. The van der Waals surface area contributed by atoms with E-state index in [-0.39, 0.29) is 17.6 Å². The molecule has 0 unspecified atom stereocenters. The first kappa shape index (κ1) is 15.2. The quantitative estimate of drug-likeness (QED) is 0.946. The molecule has 0 aliphatic carbocycles. The smallest absolute Gasteiger partial charge is 0.243 e. The molecule has 4 nitrogen and oxygen atoms in total. The second-order valence-electron chi connectivity index (χ2n) is 5.58. The minimum Gasteiger partial charge on any atom is -0.350 e. The van der Waals surface area contributed by atoms with E-state index in [0.29, 0.717) is 13.0 Å². The molecule has 5 heteroatoms. The largest absolute Gasteiger partial charge is 0.350 e. The Labute approximate surface area is 133 Å². The summed E-state index contributed by atoms with van der Waals surface area (Å²) in [6, 6.07) is 13.0. The van der Waals surface area contributed by atoms with Gasteiger partial charge in [0.15, 0.2) is 0 Å². The molecule has 23 heavy (non-hydrogen) atoms. The second kappa shape index (κ2) is 6.20. The standard InChI is InChI=1S/C18H17FN2O2/c1-12(22)21-16-5-3-2-4-14(16)10-17(21)18(23)20-11-13-6-8-15(19)9-7-13/h2-9,17H,10-11H2,1H3,(H,20,23)/t17-/m0/s1. The molecule has 1 heterocycles. The molecule has 0 saturated carbocycles. The zero-order valence-electron chi connectivity index (χ0n) is 12.8. The predicted octanol–water partition coefficient (Wildman–Crippen LogP) is 2.42. The number of nitrogens with zero attached hydrogens (tertiary/aromatic N) is 1. The molecular weight excluding hydrogens is 295 g/mol. The van der Waals surface area contributed by atoms with Crippen molar-refractivity contribution in [2.75, 3.05) is 4.90 Å². The third-order valence-electron chi connectivity index (χ3n) is 4.00. The molecule has 2 amide bonds. The average molecular weight is 312 g/mol. The summed E-state index contributed by atoms with van der Waals surface area (Å²) in [6.07, 6.45) is 0.505. The lowest BCUT2D eigenvalue weighted by atomic mass is 10.1. The maximum absolute atomic E-state index is 12.9. The van der Waals surface area contributed by atoms with Crippen LogP contribution in [0.25, 0.3) is 0 Å². The minimum absolute atomic E-state index is 0.156. The van der Waals surface area contributed by atoms with Crippen LogP contribution in [-0.4, -0.2) is 17.9 Å². The van der Waals surface area contributed by atoms with Crippen LogP contribution in [0.2, 0.25) is 0 Å². The molecule has 1 atom stereocenters. The molecule has 2 aromatic rings. The number of benzene rings is 2. The summed E-state index contributed by atoms with van der Waals surface area (Å²) in [5.74, 6) is -0.674. The molecule has 1 aliphatic heterocycles. The average Bonchev–Trinajstić information content (AvgIpc) is 2.93. The van der Waals surface area contributed by atoms with Gasteiger partial charge in [-0.25, -0.2) is 4.39 Å². The number of nitrogens with one attached hydrogen (secondary N) is 1. The topological polar surface area (TPSA) is 49.4 Å². The molecule has 118 valence electrons. The van der Waals surface area contributed by atoms with Crippen molar-refractivity contribution >= 4 is 17.5 Å². The van der Waals surface area contributed by atoms with Gasteiger partial charge in [0.25, 0.3) is 0 Å². The Kier molecular flexibility index (Phi) is 4.10. The van der Waals surface area contributed by atoms with E-state index in [9.17, 15) is 14.0 Å². The molecule has 3 rings (SSSR count). The Bertz CT molecular complexity index is 743. The van der Waals surface area contributed by atoms with Gasteiger partial charge < -0.3 is 5.32 Å². The van der Waals surface area contributed by atoms with Crippen LogP contribution in [0.1, 0.15) is 18.1 Å². The number of halogens is 1. The van der Waals surface area contributed by atoms with Crippen molar-refractivity contribution < 1.29 is 14.0 Å². The van der Waals surface area contributed by atoms with E-state index in [2.05, 4.69) is 5.32 Å². The molecule has 2 aromatic carbocycles. The minimum atomic E-state index is -0.537. The van der Waals surface area contributed by atoms with Gasteiger partial charge in [-0.1, -0.05) is 30.3 Å². The third kappa shape index (κ3) is 3.08. The Morgan fingerprint density at radius 2 is 1.87 bits per heavy atom. The van der Waals surface area contributed by atoms with E-state index in [0.717, 1.165) is 16.8 Å². The van der Waals surface area contributed by atoms with E-state index in [4.69, 9.17) is 0 Å². The first-order chi connectivity index (χ1) is 11.1. The molecule has 0 fully saturated rings. The van der Waals surface area contributed by atoms with Crippen molar-refractivity contribution in [2.24, 2.45) is 0 Å². The van der Waals surface area contributed by atoms with Gasteiger partial charge in [-0.3, -0.25) is 14.5 Å². The maximum Gasteiger partial charge on any atom is 0.243 e. The number of amides is 2. The van der Waals surface area contributed by atoms with Crippen LogP contribution >= 0.6 is 0 Å².